The van der Waals surface area contributed by atoms with Crippen LogP contribution >= 0.6 is 0 Å². The van der Waals surface area contributed by atoms with Crippen molar-refractivity contribution in [2.24, 2.45) is 5.92 Å². The predicted molar refractivity (Wildman–Crippen MR) is 125 cm³/mol. The van der Waals surface area contributed by atoms with Gasteiger partial charge < -0.3 is 27.2 Å². The van der Waals surface area contributed by atoms with E-state index in [2.05, 4.69) is 26.7 Å². The number of anilines is 2. The third kappa shape index (κ3) is 5.55. The molecule has 2 aliphatic carbocycles. The molecule has 1 atom stereocenters. The summed E-state index contributed by atoms with van der Waals surface area (Å²) >= 11 is 0. The average molecular weight is 629 g/mol. The fourth-order valence-corrected chi connectivity index (χ4v) is 4.81. The van der Waals surface area contributed by atoms with E-state index in [1.807, 2.05) is 0 Å². The molecule has 1 fully saturated rings. The minimum Gasteiger partial charge on any atom is -0.488 e. The van der Waals surface area contributed by atoms with E-state index in [1.54, 1.807) is 19.5 Å². The normalized spacial score (nSPS) is 17.8. The maximum Gasteiger partial charge on any atom is 2.00 e. The maximum atomic E-state index is 14.0. The number of methoxy groups -OCH3 is 1. The molecule has 2 aromatic heterocycles. The van der Waals surface area contributed by atoms with Gasteiger partial charge in [0.15, 0.2) is 0 Å². The fourth-order valence-electron chi connectivity index (χ4n) is 4.81. The summed E-state index contributed by atoms with van der Waals surface area (Å²) in [5.41, 5.74) is 4.03. The van der Waals surface area contributed by atoms with E-state index >= 15 is 0 Å². The molecule has 2 N–H and O–H groups in total. The Bertz CT molecular complexity index is 1070. The summed E-state index contributed by atoms with van der Waals surface area (Å²) in [6.07, 6.45) is 11.3. The number of aromatic nitrogens is 3. The summed E-state index contributed by atoms with van der Waals surface area (Å²) in [4.78, 5) is 12.5. The van der Waals surface area contributed by atoms with Crippen molar-refractivity contribution in [3.05, 3.63) is 55.4 Å². The number of rotatable bonds is 7. The zero-order valence-electron chi connectivity index (χ0n) is 19.1. The summed E-state index contributed by atoms with van der Waals surface area (Å²) in [6.45, 7) is 0.654. The van der Waals surface area contributed by atoms with Crippen LogP contribution in [0, 0.1) is 25.6 Å². The van der Waals surface area contributed by atoms with Gasteiger partial charge >= 0.3 is 19.8 Å². The Labute approximate surface area is 208 Å². The minimum absolute atomic E-state index is 0. The molecular weight excluding hydrogens is 598 g/mol. The van der Waals surface area contributed by atoms with Crippen LogP contribution in [-0.2, 0) is 37.4 Å². The van der Waals surface area contributed by atoms with E-state index in [1.165, 1.54) is 23.4 Å². The first kappa shape index (κ1) is 25.6. The quantitative estimate of drug-likeness (QED) is 0.335. The first-order valence-corrected chi connectivity index (χ1v) is 11.1. The van der Waals surface area contributed by atoms with E-state index in [4.69, 9.17) is 9.47 Å². The second-order valence-electron chi connectivity index (χ2n) is 8.51. The van der Waals surface area contributed by atoms with Crippen molar-refractivity contribution in [1.29, 1.82) is 0 Å². The number of hydrogen-bond donors (Lipinski definition) is 2. The molecular formula is C25H31FN4O2Os. The zero-order chi connectivity index (χ0) is 21.2. The van der Waals surface area contributed by atoms with E-state index in [0.717, 1.165) is 67.5 Å². The molecule has 5 rings (SSSR count). The molecule has 0 radical (unpaired) electrons. The number of ether oxygens (including phenoxy) is 2. The molecule has 0 bridgehead atoms. The van der Waals surface area contributed by atoms with Crippen LogP contribution in [-0.4, -0.2) is 34.8 Å². The summed E-state index contributed by atoms with van der Waals surface area (Å²) in [5, 5.41) is 4.42. The third-order valence-electron chi connectivity index (χ3n) is 6.40. The van der Waals surface area contributed by atoms with Crippen LogP contribution in [0.4, 0.5) is 15.9 Å². The van der Waals surface area contributed by atoms with Crippen LogP contribution in [0.25, 0.3) is 11.0 Å². The van der Waals surface area contributed by atoms with Crippen molar-refractivity contribution < 1.29 is 33.7 Å². The summed E-state index contributed by atoms with van der Waals surface area (Å²) in [7, 11) is 1.72. The van der Waals surface area contributed by atoms with Crippen LogP contribution in [0.3, 0.4) is 0 Å². The van der Waals surface area contributed by atoms with Gasteiger partial charge in [-0.25, -0.2) is 14.4 Å². The van der Waals surface area contributed by atoms with Gasteiger partial charge in [0.25, 0.3) is 0 Å². The van der Waals surface area contributed by atoms with Crippen molar-refractivity contribution in [2.45, 2.75) is 51.0 Å². The summed E-state index contributed by atoms with van der Waals surface area (Å²) in [6, 6.07) is 4.63. The van der Waals surface area contributed by atoms with Crippen LogP contribution in [0.5, 0.6) is 5.75 Å². The zero-order valence-corrected chi connectivity index (χ0v) is 21.7. The van der Waals surface area contributed by atoms with Crippen molar-refractivity contribution >= 4 is 22.5 Å². The van der Waals surface area contributed by atoms with Crippen molar-refractivity contribution in [3.63, 3.8) is 0 Å². The summed E-state index contributed by atoms with van der Waals surface area (Å²) < 4.78 is 25.4. The molecule has 1 unspecified atom stereocenters. The smallest absolute Gasteiger partial charge is 0.488 e. The third-order valence-corrected chi connectivity index (χ3v) is 6.40. The maximum absolute atomic E-state index is 14.0. The van der Waals surface area contributed by atoms with Crippen LogP contribution < -0.4 is 10.1 Å². The van der Waals surface area contributed by atoms with Gasteiger partial charge in [0, 0.05) is 18.9 Å². The Balaban J connectivity index is 0.00000153. The van der Waals surface area contributed by atoms with Crippen LogP contribution in [0.1, 0.15) is 43.4 Å². The van der Waals surface area contributed by atoms with Crippen molar-refractivity contribution in [1.82, 2.24) is 15.0 Å². The molecule has 0 aliphatic heterocycles. The number of hydrogen-bond acceptors (Lipinski definition) is 5. The van der Waals surface area contributed by atoms with E-state index in [-0.39, 0.29) is 39.1 Å². The van der Waals surface area contributed by atoms with Gasteiger partial charge in [-0.05, 0) is 56.2 Å². The van der Waals surface area contributed by atoms with Gasteiger partial charge in [-0.2, -0.15) is 5.92 Å². The first-order valence-electron chi connectivity index (χ1n) is 11.1. The van der Waals surface area contributed by atoms with Crippen LogP contribution in [0.15, 0.2) is 24.5 Å². The molecule has 3 aromatic rings. The number of nitrogens with one attached hydrogen (secondary N) is 2. The van der Waals surface area contributed by atoms with E-state index in [0.29, 0.717) is 18.3 Å². The molecule has 8 heteroatoms. The topological polar surface area (TPSA) is 72.1 Å². The Kier molecular flexibility index (Phi) is 8.84. The second kappa shape index (κ2) is 11.4. The Hall–Kier alpha value is -2.03. The van der Waals surface area contributed by atoms with Crippen molar-refractivity contribution in [2.75, 3.05) is 19.0 Å². The van der Waals surface area contributed by atoms with Crippen LogP contribution in [0.2, 0.25) is 0 Å². The van der Waals surface area contributed by atoms with Gasteiger partial charge in [0.1, 0.15) is 29.4 Å². The predicted octanol–water partition coefficient (Wildman–Crippen LogP) is 5.57. The number of aryl methyl sites for hydroxylation is 1. The van der Waals surface area contributed by atoms with Gasteiger partial charge in [0.2, 0.25) is 0 Å². The number of halogens is 1. The van der Waals surface area contributed by atoms with Gasteiger partial charge in [-0.15, -0.1) is 0 Å². The molecule has 0 spiro atoms. The number of nitrogens with zero attached hydrogens (tertiary/aromatic N) is 2. The van der Waals surface area contributed by atoms with E-state index < -0.39 is 0 Å². The Morgan fingerprint density at radius 2 is 2.03 bits per heavy atom. The fraction of sp³-hybridized carbons (Fsp3) is 0.440. The van der Waals surface area contributed by atoms with Crippen molar-refractivity contribution in [3.8, 4) is 5.75 Å². The minimum atomic E-state index is -0.304. The molecule has 0 saturated heterocycles. The van der Waals surface area contributed by atoms with Gasteiger partial charge in [0.05, 0.1) is 17.2 Å². The molecule has 0 amide bonds. The monoisotopic (exact) mass is 630 g/mol. The average Bonchev–Trinajstić information content (AvgIpc) is 3.41. The molecule has 1 aromatic carbocycles. The first-order chi connectivity index (χ1) is 15.2. The molecule has 6 nitrogen and oxygen atoms in total. The van der Waals surface area contributed by atoms with Gasteiger partial charge in [-0.1, -0.05) is 13.0 Å². The largest absolute Gasteiger partial charge is 2.00 e. The van der Waals surface area contributed by atoms with Gasteiger partial charge in [-0.3, -0.25) is 6.42 Å². The number of fused-ring (bicyclic) bond motifs is 3. The second-order valence-corrected chi connectivity index (χ2v) is 8.51. The molecule has 1 saturated carbocycles. The molecule has 178 valence electrons. The number of H-pyrrole nitrogens is 1. The molecule has 2 heterocycles. The molecule has 33 heavy (non-hydrogen) atoms. The number of benzene rings is 1. The van der Waals surface area contributed by atoms with E-state index in [9.17, 15) is 4.39 Å². The number of aromatic amines is 1. The molecule has 2 aliphatic rings. The summed E-state index contributed by atoms with van der Waals surface area (Å²) in [5.74, 6) is 1.42. The SMILES string of the molecule is COC[CH-]C1CCc2[nH]c3ncnc(Nc4ccc(F)cc4OC4CCCC4)c3c2C1.[CH3-].[Os+2]. The Morgan fingerprint density at radius 1 is 1.21 bits per heavy atom. The Morgan fingerprint density at radius 3 is 2.82 bits per heavy atom. The standard InChI is InChI=1S/C24H28FN4O2.CH3.Os/c1-30-11-10-15-6-8-19-18(12-15)22-23(28-19)26-14-27-24(22)29-20-9-7-16(25)13-21(20)31-17-4-2-3-5-17;;/h7,9-10,13-15,17H,2-6,8,11-12H2,1H3,(H2,26,27,28,29);1H3;/q2*-1;+2.